The molecule has 2 heterocycles. The smallest absolute Gasteiger partial charge is 0.230 e. The lowest BCUT2D eigenvalue weighted by Crippen LogP contribution is -2.36. The molecule has 148 valence electrons. The molecule has 4 rings (SSSR count). The zero-order chi connectivity index (χ0) is 18.5. The first-order valence-electron chi connectivity index (χ1n) is 9.43. The summed E-state index contributed by atoms with van der Waals surface area (Å²) < 4.78 is 0. The molecule has 1 N–H and O–H groups in total. The predicted octanol–water partition coefficient (Wildman–Crippen LogP) is 3.06. The maximum absolute atomic E-state index is 13.3. The molecule has 7 heteroatoms. The fourth-order valence-electron chi connectivity index (χ4n) is 4.65. The van der Waals surface area contributed by atoms with Gasteiger partial charge in [-0.15, -0.1) is 12.4 Å². The van der Waals surface area contributed by atoms with E-state index in [1.807, 2.05) is 23.1 Å². The number of benzene rings is 1. The van der Waals surface area contributed by atoms with Crippen molar-refractivity contribution in [1.29, 1.82) is 0 Å². The molecule has 0 aromatic heterocycles. The number of nitrogens with zero attached hydrogens (tertiary/aromatic N) is 2. The van der Waals surface area contributed by atoms with Crippen LogP contribution < -0.4 is 10.2 Å². The molecule has 2 unspecified atom stereocenters. The van der Waals surface area contributed by atoms with E-state index in [-0.39, 0.29) is 41.5 Å². The van der Waals surface area contributed by atoms with Crippen molar-refractivity contribution in [2.45, 2.75) is 31.6 Å². The van der Waals surface area contributed by atoms with Gasteiger partial charge in [-0.25, -0.2) is 0 Å². The lowest BCUT2D eigenvalue weighted by Gasteiger charge is -2.25. The van der Waals surface area contributed by atoms with Crippen LogP contribution in [0.15, 0.2) is 18.2 Å². The van der Waals surface area contributed by atoms with Crippen molar-refractivity contribution in [2.24, 2.45) is 11.3 Å². The van der Waals surface area contributed by atoms with E-state index in [0.29, 0.717) is 18.0 Å². The summed E-state index contributed by atoms with van der Waals surface area (Å²) in [5.41, 5.74) is 2.18. The van der Waals surface area contributed by atoms with Crippen LogP contribution in [0.3, 0.4) is 0 Å². The largest absolute Gasteiger partial charge is 0.349 e. The SMILES string of the molecule is CN(C)C(=O)CC1CN(C(=O)C2CC23CCNCC3)c2ccc(Cl)cc21.Cl. The molecule has 27 heavy (non-hydrogen) atoms. The van der Waals surface area contributed by atoms with E-state index in [1.54, 1.807) is 19.0 Å². The van der Waals surface area contributed by atoms with Crippen LogP contribution >= 0.6 is 24.0 Å². The Morgan fingerprint density at radius 2 is 2.00 bits per heavy atom. The fourth-order valence-corrected chi connectivity index (χ4v) is 4.83. The summed E-state index contributed by atoms with van der Waals surface area (Å²) >= 11 is 6.20. The number of piperidine rings is 1. The predicted molar refractivity (Wildman–Crippen MR) is 110 cm³/mol. The minimum Gasteiger partial charge on any atom is -0.349 e. The Labute approximate surface area is 171 Å². The molecule has 1 spiro atoms. The van der Waals surface area contributed by atoms with Gasteiger partial charge in [-0.1, -0.05) is 11.6 Å². The van der Waals surface area contributed by atoms with E-state index in [2.05, 4.69) is 5.32 Å². The molecular formula is C20H27Cl2N3O2. The molecule has 1 aromatic rings. The standard InChI is InChI=1S/C20H26ClN3O2.ClH/c1-23(2)18(25)9-13-12-24(17-4-3-14(21)10-15(13)17)19(26)16-11-20(16)5-7-22-8-6-20;/h3-4,10,13,16,22H,5-9,11-12H2,1-2H3;1H. The molecule has 2 fully saturated rings. The fraction of sp³-hybridized carbons (Fsp3) is 0.600. The summed E-state index contributed by atoms with van der Waals surface area (Å²) in [4.78, 5) is 29.0. The Kier molecular flexibility index (Phi) is 5.76. The molecule has 1 aromatic carbocycles. The van der Waals surface area contributed by atoms with E-state index in [4.69, 9.17) is 11.6 Å². The molecule has 2 atom stereocenters. The van der Waals surface area contributed by atoms with Crippen LogP contribution in [0.1, 0.15) is 37.2 Å². The second kappa shape index (κ2) is 7.61. The number of hydrogen-bond acceptors (Lipinski definition) is 3. The molecule has 1 saturated heterocycles. The summed E-state index contributed by atoms with van der Waals surface area (Å²) in [6.45, 7) is 2.60. The highest BCUT2D eigenvalue weighted by atomic mass is 35.5. The van der Waals surface area contributed by atoms with E-state index < -0.39 is 0 Å². The monoisotopic (exact) mass is 411 g/mol. The first-order chi connectivity index (χ1) is 12.4. The number of hydrogen-bond donors (Lipinski definition) is 1. The second-order valence-corrected chi connectivity index (χ2v) is 8.65. The summed E-state index contributed by atoms with van der Waals surface area (Å²) in [6.07, 6.45) is 3.60. The van der Waals surface area contributed by atoms with Crippen LogP contribution in [-0.4, -0.2) is 50.4 Å². The Balaban J connectivity index is 0.00000210. The average molecular weight is 412 g/mol. The molecule has 5 nitrogen and oxygen atoms in total. The van der Waals surface area contributed by atoms with Gasteiger partial charge in [0.2, 0.25) is 11.8 Å². The van der Waals surface area contributed by atoms with Crippen LogP contribution in [0.4, 0.5) is 5.69 Å². The number of anilines is 1. The molecule has 3 aliphatic rings. The number of nitrogens with one attached hydrogen (secondary N) is 1. The van der Waals surface area contributed by atoms with Crippen molar-refractivity contribution >= 4 is 41.5 Å². The summed E-state index contributed by atoms with van der Waals surface area (Å²) in [5, 5.41) is 4.04. The van der Waals surface area contributed by atoms with E-state index in [9.17, 15) is 9.59 Å². The van der Waals surface area contributed by atoms with Crippen LogP contribution in [-0.2, 0) is 9.59 Å². The summed E-state index contributed by atoms with van der Waals surface area (Å²) in [5.74, 6) is 0.466. The van der Waals surface area contributed by atoms with Crippen molar-refractivity contribution in [3.8, 4) is 0 Å². The van der Waals surface area contributed by atoms with E-state index in [1.165, 1.54) is 0 Å². The molecule has 2 aliphatic heterocycles. The third-order valence-corrected chi connectivity index (χ3v) is 6.63. The number of fused-ring (bicyclic) bond motifs is 1. The van der Waals surface area contributed by atoms with Crippen molar-refractivity contribution in [3.05, 3.63) is 28.8 Å². The molecule has 0 radical (unpaired) electrons. The third kappa shape index (κ3) is 3.69. The number of carbonyl (C=O) groups is 2. The minimum absolute atomic E-state index is 0. The maximum Gasteiger partial charge on any atom is 0.230 e. The van der Waals surface area contributed by atoms with E-state index in [0.717, 1.165) is 43.6 Å². The maximum atomic E-state index is 13.3. The van der Waals surface area contributed by atoms with Gasteiger partial charge in [0, 0.05) is 49.6 Å². The second-order valence-electron chi connectivity index (χ2n) is 8.21. The van der Waals surface area contributed by atoms with Gasteiger partial charge in [0.1, 0.15) is 0 Å². The Morgan fingerprint density at radius 3 is 2.67 bits per heavy atom. The zero-order valence-electron chi connectivity index (χ0n) is 15.8. The van der Waals surface area contributed by atoms with Crippen molar-refractivity contribution in [2.75, 3.05) is 38.6 Å². The zero-order valence-corrected chi connectivity index (χ0v) is 17.4. The number of rotatable bonds is 3. The van der Waals surface area contributed by atoms with Crippen LogP contribution in [0.25, 0.3) is 0 Å². The highest BCUT2D eigenvalue weighted by Crippen LogP contribution is 2.60. The third-order valence-electron chi connectivity index (χ3n) is 6.40. The quantitative estimate of drug-likeness (QED) is 0.831. The highest BCUT2D eigenvalue weighted by molar-refractivity contribution is 6.30. The Bertz CT molecular complexity index is 747. The number of carbonyl (C=O) groups excluding carboxylic acids is 2. The van der Waals surface area contributed by atoms with Gasteiger partial charge in [0.25, 0.3) is 0 Å². The van der Waals surface area contributed by atoms with Gasteiger partial charge < -0.3 is 15.1 Å². The minimum atomic E-state index is 0. The van der Waals surface area contributed by atoms with Crippen LogP contribution in [0.2, 0.25) is 5.02 Å². The summed E-state index contributed by atoms with van der Waals surface area (Å²) in [7, 11) is 3.54. The van der Waals surface area contributed by atoms with Gasteiger partial charge in [-0.2, -0.15) is 0 Å². The van der Waals surface area contributed by atoms with E-state index >= 15 is 0 Å². The lowest BCUT2D eigenvalue weighted by molar-refractivity contribution is -0.129. The van der Waals surface area contributed by atoms with Gasteiger partial charge in [0.15, 0.2) is 0 Å². The molecular weight excluding hydrogens is 385 g/mol. The average Bonchev–Trinajstić information content (AvgIpc) is 3.19. The van der Waals surface area contributed by atoms with Crippen LogP contribution in [0.5, 0.6) is 0 Å². The number of amides is 2. The topological polar surface area (TPSA) is 52.7 Å². The first kappa shape index (κ1) is 20.4. The van der Waals surface area contributed by atoms with Gasteiger partial charge >= 0.3 is 0 Å². The Hall–Kier alpha value is -1.30. The lowest BCUT2D eigenvalue weighted by atomic mass is 9.91. The van der Waals surface area contributed by atoms with Crippen molar-refractivity contribution < 1.29 is 9.59 Å². The molecule has 1 saturated carbocycles. The normalized spacial score (nSPS) is 24.9. The van der Waals surface area contributed by atoms with Gasteiger partial charge in [0.05, 0.1) is 0 Å². The van der Waals surface area contributed by atoms with Crippen molar-refractivity contribution in [1.82, 2.24) is 10.2 Å². The molecule has 0 bridgehead atoms. The molecule has 2 amide bonds. The number of halogens is 2. The summed E-state index contributed by atoms with van der Waals surface area (Å²) in [6, 6.07) is 5.70. The first-order valence-corrected chi connectivity index (χ1v) is 9.81. The molecule has 1 aliphatic carbocycles. The Morgan fingerprint density at radius 1 is 1.30 bits per heavy atom. The highest BCUT2D eigenvalue weighted by Gasteiger charge is 2.59. The van der Waals surface area contributed by atoms with Crippen LogP contribution in [0, 0.1) is 11.3 Å². The van der Waals surface area contributed by atoms with Gasteiger partial charge in [-0.3, -0.25) is 9.59 Å². The van der Waals surface area contributed by atoms with Gasteiger partial charge in [-0.05, 0) is 61.5 Å². The van der Waals surface area contributed by atoms with Crippen molar-refractivity contribution in [3.63, 3.8) is 0 Å².